The molecule has 15 heavy (non-hydrogen) atoms. The number of alkyl halides is 3. The molecule has 0 bridgehead atoms. The van der Waals surface area contributed by atoms with Crippen LogP contribution in [-0.4, -0.2) is 32.4 Å². The van der Waals surface area contributed by atoms with Gasteiger partial charge in [-0.1, -0.05) is 0 Å². The van der Waals surface area contributed by atoms with Crippen molar-refractivity contribution in [1.82, 2.24) is 10.6 Å². The Morgan fingerprint density at radius 2 is 2.13 bits per heavy atom. The minimum absolute atomic E-state index is 0.468. The van der Waals surface area contributed by atoms with Gasteiger partial charge in [-0.2, -0.15) is 13.2 Å². The topological polar surface area (TPSA) is 24.1 Å². The van der Waals surface area contributed by atoms with Crippen LogP contribution in [0.3, 0.4) is 0 Å². The maximum Gasteiger partial charge on any atom is 0.401 e. The van der Waals surface area contributed by atoms with Crippen LogP contribution < -0.4 is 10.6 Å². The first-order valence-electron chi connectivity index (χ1n) is 5.56. The Labute approximate surface area is 88.6 Å². The van der Waals surface area contributed by atoms with Gasteiger partial charge in [0.25, 0.3) is 0 Å². The van der Waals surface area contributed by atoms with Gasteiger partial charge in [-0.25, -0.2) is 0 Å². The molecule has 0 spiro atoms. The van der Waals surface area contributed by atoms with E-state index in [9.17, 15) is 13.2 Å². The molecule has 0 saturated carbocycles. The molecule has 2 nitrogen and oxygen atoms in total. The predicted octanol–water partition coefficient (Wildman–Crippen LogP) is 1.92. The van der Waals surface area contributed by atoms with E-state index in [1.807, 2.05) is 0 Å². The molecule has 0 amide bonds. The fourth-order valence-electron chi connectivity index (χ4n) is 1.92. The van der Waals surface area contributed by atoms with Crippen LogP contribution in [0.25, 0.3) is 0 Å². The fraction of sp³-hybridized carbons (Fsp3) is 1.00. The van der Waals surface area contributed by atoms with Gasteiger partial charge in [-0.05, 0) is 51.2 Å². The molecular formula is C10H19F3N2. The molecule has 1 heterocycles. The van der Waals surface area contributed by atoms with E-state index in [0.29, 0.717) is 12.5 Å². The van der Waals surface area contributed by atoms with Crippen molar-refractivity contribution in [3.8, 4) is 0 Å². The van der Waals surface area contributed by atoms with Gasteiger partial charge in [0.15, 0.2) is 0 Å². The highest BCUT2D eigenvalue weighted by atomic mass is 19.4. The van der Waals surface area contributed by atoms with Crippen molar-refractivity contribution in [2.24, 2.45) is 5.92 Å². The highest BCUT2D eigenvalue weighted by Crippen LogP contribution is 2.16. The third kappa shape index (κ3) is 6.73. The number of rotatable bonds is 5. The Hall–Kier alpha value is -0.290. The second kappa shape index (κ2) is 6.33. The van der Waals surface area contributed by atoms with E-state index in [2.05, 4.69) is 10.6 Å². The smallest absolute Gasteiger partial charge is 0.316 e. The SMILES string of the molecule is FC(F)(F)CNCCCC1CCCNC1. The van der Waals surface area contributed by atoms with Crippen LogP contribution in [0.15, 0.2) is 0 Å². The van der Waals surface area contributed by atoms with Crippen molar-refractivity contribution in [2.45, 2.75) is 31.9 Å². The quantitative estimate of drug-likeness (QED) is 0.697. The van der Waals surface area contributed by atoms with Crippen LogP contribution >= 0.6 is 0 Å². The van der Waals surface area contributed by atoms with Gasteiger partial charge in [0.05, 0.1) is 6.54 Å². The lowest BCUT2D eigenvalue weighted by molar-refractivity contribution is -0.124. The van der Waals surface area contributed by atoms with Crippen LogP contribution in [0.4, 0.5) is 13.2 Å². The van der Waals surface area contributed by atoms with Crippen LogP contribution in [-0.2, 0) is 0 Å². The highest BCUT2D eigenvalue weighted by Gasteiger charge is 2.25. The monoisotopic (exact) mass is 224 g/mol. The van der Waals surface area contributed by atoms with E-state index in [0.717, 1.165) is 25.9 Å². The summed E-state index contributed by atoms with van der Waals surface area (Å²) in [6.45, 7) is 1.72. The number of nitrogens with one attached hydrogen (secondary N) is 2. The lowest BCUT2D eigenvalue weighted by Gasteiger charge is -2.22. The summed E-state index contributed by atoms with van der Waals surface area (Å²) in [5.74, 6) is 0.659. The van der Waals surface area contributed by atoms with Crippen LogP contribution in [0.5, 0.6) is 0 Å². The molecule has 1 fully saturated rings. The van der Waals surface area contributed by atoms with E-state index < -0.39 is 12.7 Å². The molecule has 1 unspecified atom stereocenters. The normalized spacial score (nSPS) is 23.0. The van der Waals surface area contributed by atoms with Gasteiger partial charge >= 0.3 is 6.18 Å². The minimum atomic E-state index is -4.08. The number of piperidine rings is 1. The predicted molar refractivity (Wildman–Crippen MR) is 53.8 cm³/mol. The van der Waals surface area contributed by atoms with Gasteiger partial charge in [-0.3, -0.25) is 0 Å². The molecule has 2 N–H and O–H groups in total. The summed E-state index contributed by atoms with van der Waals surface area (Å²) in [6, 6.07) is 0. The summed E-state index contributed by atoms with van der Waals surface area (Å²) >= 11 is 0. The Balaban J connectivity index is 1.92. The molecule has 0 aliphatic carbocycles. The van der Waals surface area contributed by atoms with Crippen molar-refractivity contribution in [2.75, 3.05) is 26.2 Å². The molecule has 0 radical (unpaired) electrons. The number of hydrogen-bond donors (Lipinski definition) is 2. The van der Waals surface area contributed by atoms with Gasteiger partial charge in [0.1, 0.15) is 0 Å². The van der Waals surface area contributed by atoms with Crippen molar-refractivity contribution in [3.05, 3.63) is 0 Å². The zero-order valence-corrected chi connectivity index (χ0v) is 8.87. The van der Waals surface area contributed by atoms with E-state index in [1.54, 1.807) is 0 Å². The van der Waals surface area contributed by atoms with E-state index in [1.165, 1.54) is 12.8 Å². The number of halogens is 3. The maximum atomic E-state index is 11.8. The lowest BCUT2D eigenvalue weighted by Crippen LogP contribution is -2.32. The fourth-order valence-corrected chi connectivity index (χ4v) is 1.92. The summed E-state index contributed by atoms with van der Waals surface area (Å²) in [5, 5.41) is 5.72. The Morgan fingerprint density at radius 3 is 2.73 bits per heavy atom. The highest BCUT2D eigenvalue weighted by molar-refractivity contribution is 4.69. The number of hydrogen-bond acceptors (Lipinski definition) is 2. The Morgan fingerprint density at radius 1 is 1.33 bits per heavy atom. The minimum Gasteiger partial charge on any atom is -0.316 e. The first-order chi connectivity index (χ1) is 7.08. The lowest BCUT2D eigenvalue weighted by atomic mass is 9.95. The van der Waals surface area contributed by atoms with Gasteiger partial charge in [-0.15, -0.1) is 0 Å². The second-order valence-electron chi connectivity index (χ2n) is 4.15. The van der Waals surface area contributed by atoms with Crippen LogP contribution in [0.1, 0.15) is 25.7 Å². The molecule has 1 atom stereocenters. The average molecular weight is 224 g/mol. The molecular weight excluding hydrogens is 205 g/mol. The molecule has 1 saturated heterocycles. The average Bonchev–Trinajstić information content (AvgIpc) is 2.17. The van der Waals surface area contributed by atoms with E-state index in [-0.39, 0.29) is 0 Å². The summed E-state index contributed by atoms with van der Waals surface area (Å²) in [7, 11) is 0. The van der Waals surface area contributed by atoms with Crippen molar-refractivity contribution >= 4 is 0 Å². The van der Waals surface area contributed by atoms with E-state index >= 15 is 0 Å². The molecule has 90 valence electrons. The van der Waals surface area contributed by atoms with Crippen molar-refractivity contribution in [1.29, 1.82) is 0 Å². The maximum absolute atomic E-state index is 11.8. The molecule has 1 rings (SSSR count). The van der Waals surface area contributed by atoms with Crippen molar-refractivity contribution in [3.63, 3.8) is 0 Å². The van der Waals surface area contributed by atoms with Crippen LogP contribution in [0.2, 0.25) is 0 Å². The molecule has 0 aromatic rings. The Bertz CT molecular complexity index is 165. The molecule has 1 aliphatic rings. The van der Waals surface area contributed by atoms with E-state index in [4.69, 9.17) is 0 Å². The third-order valence-electron chi connectivity index (χ3n) is 2.69. The summed E-state index contributed by atoms with van der Waals surface area (Å²) in [5.41, 5.74) is 0. The Kier molecular flexibility index (Phi) is 5.39. The molecule has 1 aliphatic heterocycles. The third-order valence-corrected chi connectivity index (χ3v) is 2.69. The zero-order valence-electron chi connectivity index (χ0n) is 8.87. The first-order valence-corrected chi connectivity index (χ1v) is 5.56. The molecule has 0 aromatic carbocycles. The van der Waals surface area contributed by atoms with Crippen LogP contribution in [0, 0.1) is 5.92 Å². The summed E-state index contributed by atoms with van der Waals surface area (Å²) < 4.78 is 35.3. The molecule has 0 aromatic heterocycles. The zero-order chi connectivity index (χ0) is 11.1. The van der Waals surface area contributed by atoms with Gasteiger partial charge in [0, 0.05) is 0 Å². The summed E-state index contributed by atoms with van der Waals surface area (Å²) in [4.78, 5) is 0. The molecule has 5 heteroatoms. The first kappa shape index (κ1) is 12.8. The van der Waals surface area contributed by atoms with Gasteiger partial charge < -0.3 is 10.6 Å². The summed E-state index contributed by atoms with van der Waals surface area (Å²) in [6.07, 6.45) is 0.194. The second-order valence-corrected chi connectivity index (χ2v) is 4.15. The standard InChI is InChI=1S/C10H19F3N2/c11-10(12,13)8-15-6-2-4-9-3-1-5-14-7-9/h9,14-15H,1-8H2. The largest absolute Gasteiger partial charge is 0.401 e. The van der Waals surface area contributed by atoms with Crippen molar-refractivity contribution < 1.29 is 13.2 Å². The van der Waals surface area contributed by atoms with Gasteiger partial charge in [0.2, 0.25) is 0 Å².